The Balaban J connectivity index is 1.85. The lowest BCUT2D eigenvalue weighted by Crippen LogP contribution is -2.16. The van der Waals surface area contributed by atoms with Gasteiger partial charge in [0.1, 0.15) is 12.8 Å². The van der Waals surface area contributed by atoms with Gasteiger partial charge in [-0.25, -0.2) is 0 Å². The van der Waals surface area contributed by atoms with E-state index in [-0.39, 0.29) is 11.4 Å². The first-order valence-electron chi connectivity index (χ1n) is 4.44. The minimum atomic E-state index is 0.0924. The molecule has 1 aromatic rings. The van der Waals surface area contributed by atoms with Crippen molar-refractivity contribution in [2.75, 3.05) is 13.2 Å². The quantitative estimate of drug-likeness (QED) is 0.755. The molecule has 0 spiro atoms. The van der Waals surface area contributed by atoms with Crippen LogP contribution in [0.4, 0.5) is 0 Å². The predicted molar refractivity (Wildman–Crippen MR) is 49.3 cm³/mol. The SMILES string of the molecule is Clc1nncc(OCC2CCCO2)n1. The Hall–Kier alpha value is -0.940. The maximum atomic E-state index is 5.54. The summed E-state index contributed by atoms with van der Waals surface area (Å²) in [6, 6.07) is 0. The highest BCUT2D eigenvalue weighted by molar-refractivity contribution is 6.28. The van der Waals surface area contributed by atoms with Gasteiger partial charge in [-0.1, -0.05) is 0 Å². The highest BCUT2D eigenvalue weighted by Gasteiger charge is 2.16. The van der Waals surface area contributed by atoms with E-state index in [4.69, 9.17) is 21.1 Å². The molecule has 1 unspecified atom stereocenters. The molecule has 0 aromatic carbocycles. The fourth-order valence-corrected chi connectivity index (χ4v) is 1.42. The van der Waals surface area contributed by atoms with Crippen LogP contribution in [0.15, 0.2) is 6.20 Å². The van der Waals surface area contributed by atoms with Crippen molar-refractivity contribution in [3.05, 3.63) is 11.5 Å². The van der Waals surface area contributed by atoms with Gasteiger partial charge in [0.25, 0.3) is 0 Å². The molecule has 1 aliphatic heterocycles. The molecule has 76 valence electrons. The van der Waals surface area contributed by atoms with Gasteiger partial charge in [0.2, 0.25) is 11.2 Å². The van der Waals surface area contributed by atoms with Gasteiger partial charge in [0.15, 0.2) is 0 Å². The summed E-state index contributed by atoms with van der Waals surface area (Å²) in [5.41, 5.74) is 0. The Morgan fingerprint density at radius 3 is 3.29 bits per heavy atom. The van der Waals surface area contributed by atoms with E-state index in [1.54, 1.807) is 0 Å². The van der Waals surface area contributed by atoms with Crippen LogP contribution in [-0.4, -0.2) is 34.5 Å². The van der Waals surface area contributed by atoms with E-state index in [9.17, 15) is 0 Å². The van der Waals surface area contributed by atoms with Crippen molar-refractivity contribution >= 4 is 11.6 Å². The fraction of sp³-hybridized carbons (Fsp3) is 0.625. The number of ether oxygens (including phenoxy) is 2. The molecule has 0 saturated carbocycles. The van der Waals surface area contributed by atoms with Gasteiger partial charge in [-0.2, -0.15) is 10.1 Å². The van der Waals surface area contributed by atoms with Crippen LogP contribution in [0, 0.1) is 0 Å². The van der Waals surface area contributed by atoms with E-state index in [0.29, 0.717) is 12.5 Å². The molecule has 0 amide bonds. The monoisotopic (exact) mass is 215 g/mol. The van der Waals surface area contributed by atoms with Gasteiger partial charge in [0, 0.05) is 6.61 Å². The first-order valence-corrected chi connectivity index (χ1v) is 4.82. The summed E-state index contributed by atoms with van der Waals surface area (Å²) in [7, 11) is 0. The van der Waals surface area contributed by atoms with Crippen molar-refractivity contribution < 1.29 is 9.47 Å². The van der Waals surface area contributed by atoms with Crippen molar-refractivity contribution in [3.8, 4) is 5.88 Å². The summed E-state index contributed by atoms with van der Waals surface area (Å²) in [5, 5.41) is 7.22. The molecule has 0 N–H and O–H groups in total. The van der Waals surface area contributed by atoms with Crippen molar-refractivity contribution in [2.24, 2.45) is 0 Å². The minimum absolute atomic E-state index is 0.0924. The molecule has 6 heteroatoms. The molecule has 1 aliphatic rings. The molecule has 1 fully saturated rings. The molecular formula is C8H10ClN3O2. The summed E-state index contributed by atoms with van der Waals surface area (Å²) in [4.78, 5) is 3.85. The summed E-state index contributed by atoms with van der Waals surface area (Å²) < 4.78 is 10.7. The molecule has 0 bridgehead atoms. The van der Waals surface area contributed by atoms with Crippen molar-refractivity contribution in [1.82, 2.24) is 15.2 Å². The first kappa shape index (κ1) is 9.61. The average Bonchev–Trinajstić information content (AvgIpc) is 2.67. The molecular weight excluding hydrogens is 206 g/mol. The van der Waals surface area contributed by atoms with Gasteiger partial charge in [-0.3, -0.25) is 0 Å². The van der Waals surface area contributed by atoms with Gasteiger partial charge < -0.3 is 9.47 Å². The third-order valence-electron chi connectivity index (χ3n) is 1.95. The number of hydrogen-bond donors (Lipinski definition) is 0. The van der Waals surface area contributed by atoms with E-state index in [1.807, 2.05) is 0 Å². The number of nitrogens with zero attached hydrogens (tertiary/aromatic N) is 3. The summed E-state index contributed by atoms with van der Waals surface area (Å²) in [5.74, 6) is 0.389. The van der Waals surface area contributed by atoms with E-state index in [2.05, 4.69) is 15.2 Å². The number of rotatable bonds is 3. The Morgan fingerprint density at radius 1 is 1.64 bits per heavy atom. The van der Waals surface area contributed by atoms with Crippen LogP contribution < -0.4 is 4.74 Å². The Morgan fingerprint density at radius 2 is 2.57 bits per heavy atom. The highest BCUT2D eigenvalue weighted by atomic mass is 35.5. The van der Waals surface area contributed by atoms with Gasteiger partial charge in [-0.05, 0) is 24.4 Å². The largest absolute Gasteiger partial charge is 0.474 e. The predicted octanol–water partition coefficient (Wildman–Crippen LogP) is 1.08. The van der Waals surface area contributed by atoms with Crippen LogP contribution in [0.5, 0.6) is 5.88 Å². The topological polar surface area (TPSA) is 57.1 Å². The zero-order chi connectivity index (χ0) is 9.80. The number of halogens is 1. The Labute approximate surface area is 86.4 Å². The van der Waals surface area contributed by atoms with Crippen molar-refractivity contribution in [2.45, 2.75) is 18.9 Å². The second-order valence-corrected chi connectivity index (χ2v) is 3.35. The van der Waals surface area contributed by atoms with E-state index in [1.165, 1.54) is 6.20 Å². The average molecular weight is 216 g/mol. The standard InChI is InChI=1S/C8H10ClN3O2/c9-8-11-7(4-10-12-8)14-5-6-2-1-3-13-6/h4,6H,1-3,5H2. The van der Waals surface area contributed by atoms with Crippen molar-refractivity contribution in [1.29, 1.82) is 0 Å². The molecule has 1 saturated heterocycles. The lowest BCUT2D eigenvalue weighted by atomic mass is 10.2. The third kappa shape index (κ3) is 2.52. The Bertz CT molecular complexity index is 304. The normalized spacial score (nSPS) is 21.1. The minimum Gasteiger partial charge on any atom is -0.474 e. The molecule has 1 aromatic heterocycles. The zero-order valence-electron chi connectivity index (χ0n) is 7.52. The van der Waals surface area contributed by atoms with E-state index < -0.39 is 0 Å². The molecule has 2 heterocycles. The lowest BCUT2D eigenvalue weighted by Gasteiger charge is -2.09. The lowest BCUT2D eigenvalue weighted by molar-refractivity contribution is 0.0661. The van der Waals surface area contributed by atoms with Crippen LogP contribution in [0.25, 0.3) is 0 Å². The summed E-state index contributed by atoms with van der Waals surface area (Å²) in [6.45, 7) is 1.31. The highest BCUT2D eigenvalue weighted by Crippen LogP contribution is 2.14. The molecule has 0 aliphatic carbocycles. The molecule has 2 rings (SSSR count). The van der Waals surface area contributed by atoms with Gasteiger partial charge in [-0.15, -0.1) is 5.10 Å². The van der Waals surface area contributed by atoms with Crippen LogP contribution in [0.1, 0.15) is 12.8 Å². The van der Waals surface area contributed by atoms with Crippen LogP contribution in [-0.2, 0) is 4.74 Å². The van der Waals surface area contributed by atoms with Crippen molar-refractivity contribution in [3.63, 3.8) is 0 Å². The van der Waals surface area contributed by atoms with E-state index >= 15 is 0 Å². The zero-order valence-corrected chi connectivity index (χ0v) is 8.28. The van der Waals surface area contributed by atoms with Gasteiger partial charge >= 0.3 is 0 Å². The molecule has 14 heavy (non-hydrogen) atoms. The number of hydrogen-bond acceptors (Lipinski definition) is 5. The van der Waals surface area contributed by atoms with Crippen LogP contribution in [0.2, 0.25) is 5.28 Å². The first-order chi connectivity index (χ1) is 6.84. The summed E-state index contributed by atoms with van der Waals surface area (Å²) in [6.07, 6.45) is 3.73. The van der Waals surface area contributed by atoms with E-state index in [0.717, 1.165) is 19.4 Å². The van der Waals surface area contributed by atoms with Crippen LogP contribution in [0.3, 0.4) is 0 Å². The molecule has 5 nitrogen and oxygen atoms in total. The number of aromatic nitrogens is 3. The Kier molecular flexibility index (Phi) is 3.10. The maximum Gasteiger partial charge on any atom is 0.246 e. The smallest absolute Gasteiger partial charge is 0.246 e. The molecule has 1 atom stereocenters. The maximum absolute atomic E-state index is 5.54. The second kappa shape index (κ2) is 4.52. The van der Waals surface area contributed by atoms with Crippen LogP contribution >= 0.6 is 11.6 Å². The molecule has 0 radical (unpaired) electrons. The summed E-state index contributed by atoms with van der Waals surface area (Å²) >= 11 is 5.54. The third-order valence-corrected chi connectivity index (χ3v) is 2.11. The van der Waals surface area contributed by atoms with Gasteiger partial charge in [0.05, 0.1) is 6.10 Å². The second-order valence-electron chi connectivity index (χ2n) is 3.01. The fourth-order valence-electron chi connectivity index (χ4n) is 1.29.